The molecule has 0 unspecified atom stereocenters. The van der Waals surface area contributed by atoms with Crippen LogP contribution in [0.1, 0.15) is 5.69 Å². The number of aromatic nitrogens is 3. The summed E-state index contributed by atoms with van der Waals surface area (Å²) in [6.45, 7) is 1.88. The Hall–Kier alpha value is -1.75. The zero-order chi connectivity index (χ0) is 11.7. The van der Waals surface area contributed by atoms with Crippen LogP contribution in [0.4, 0.5) is 5.69 Å². The Kier molecular flexibility index (Phi) is 2.70. The van der Waals surface area contributed by atoms with E-state index in [9.17, 15) is 0 Å². The molecule has 2 rings (SSSR count). The maximum atomic E-state index is 5.77. The molecule has 0 saturated carbocycles. The quantitative estimate of drug-likeness (QED) is 0.815. The van der Waals surface area contributed by atoms with Crippen LogP contribution in [-0.4, -0.2) is 14.8 Å². The smallest absolute Gasteiger partial charge is 0.224 e. The summed E-state index contributed by atoms with van der Waals surface area (Å²) in [5.41, 5.74) is 7.01. The summed E-state index contributed by atoms with van der Waals surface area (Å²) in [5.74, 6) is 0.944. The first kappa shape index (κ1) is 10.8. The number of rotatable bonds is 2. The summed E-state index contributed by atoms with van der Waals surface area (Å²) in [7, 11) is 1.79. The highest BCUT2D eigenvalue weighted by atomic mass is 35.5. The van der Waals surface area contributed by atoms with E-state index >= 15 is 0 Å². The van der Waals surface area contributed by atoms with E-state index in [0.29, 0.717) is 22.6 Å². The van der Waals surface area contributed by atoms with Gasteiger partial charge in [-0.3, -0.25) is 0 Å². The number of nitrogens with zero attached hydrogens (tertiary/aromatic N) is 3. The molecule has 0 aliphatic rings. The van der Waals surface area contributed by atoms with Crippen LogP contribution in [0.3, 0.4) is 0 Å². The molecule has 84 valence electrons. The van der Waals surface area contributed by atoms with Crippen LogP contribution in [-0.2, 0) is 7.05 Å². The molecule has 0 aliphatic carbocycles. The van der Waals surface area contributed by atoms with Gasteiger partial charge < -0.3 is 10.5 Å². The number of nitrogens with two attached hydrogens (primary N) is 1. The molecule has 2 aromatic heterocycles. The third-order valence-corrected chi connectivity index (χ3v) is 2.15. The number of aryl methyl sites for hydroxylation is 2. The molecular weight excluding hydrogens is 228 g/mol. The second kappa shape index (κ2) is 4.02. The fraction of sp³-hybridized carbons (Fsp3) is 0.200. The minimum absolute atomic E-state index is 0.300. The zero-order valence-corrected chi connectivity index (χ0v) is 9.69. The van der Waals surface area contributed by atoms with Gasteiger partial charge in [-0.25, -0.2) is 9.67 Å². The lowest BCUT2D eigenvalue weighted by Crippen LogP contribution is -1.97. The molecule has 2 heterocycles. The van der Waals surface area contributed by atoms with Crippen LogP contribution in [0.5, 0.6) is 11.8 Å². The molecule has 16 heavy (non-hydrogen) atoms. The fourth-order valence-corrected chi connectivity index (χ4v) is 1.54. The number of anilines is 1. The summed E-state index contributed by atoms with van der Waals surface area (Å²) >= 11 is 5.77. The van der Waals surface area contributed by atoms with Crippen molar-refractivity contribution >= 4 is 17.3 Å². The molecule has 0 bridgehead atoms. The van der Waals surface area contributed by atoms with Crippen LogP contribution < -0.4 is 10.5 Å². The molecule has 6 heteroatoms. The van der Waals surface area contributed by atoms with Crippen molar-refractivity contribution in [1.82, 2.24) is 14.8 Å². The van der Waals surface area contributed by atoms with Crippen LogP contribution in [0.25, 0.3) is 0 Å². The van der Waals surface area contributed by atoms with Crippen molar-refractivity contribution in [1.29, 1.82) is 0 Å². The number of ether oxygens (including phenoxy) is 1. The van der Waals surface area contributed by atoms with Gasteiger partial charge in [-0.15, -0.1) is 0 Å². The van der Waals surface area contributed by atoms with Gasteiger partial charge >= 0.3 is 0 Å². The molecule has 2 N–H and O–H groups in total. The van der Waals surface area contributed by atoms with E-state index < -0.39 is 0 Å². The second-order valence-electron chi connectivity index (χ2n) is 3.41. The van der Waals surface area contributed by atoms with Crippen LogP contribution >= 0.6 is 11.6 Å². The van der Waals surface area contributed by atoms with Gasteiger partial charge in [0.25, 0.3) is 0 Å². The summed E-state index contributed by atoms with van der Waals surface area (Å²) in [5, 5.41) is 4.45. The van der Waals surface area contributed by atoms with Crippen LogP contribution in [0, 0.1) is 6.92 Å². The Labute approximate surface area is 97.8 Å². The van der Waals surface area contributed by atoms with Crippen molar-refractivity contribution in [3.8, 4) is 11.8 Å². The van der Waals surface area contributed by atoms with E-state index in [1.165, 1.54) is 0 Å². The molecule has 5 nitrogen and oxygen atoms in total. The molecule has 0 amide bonds. The van der Waals surface area contributed by atoms with Gasteiger partial charge in [-0.05, 0) is 13.0 Å². The van der Waals surface area contributed by atoms with Crippen molar-refractivity contribution < 1.29 is 4.74 Å². The van der Waals surface area contributed by atoms with Crippen molar-refractivity contribution in [3.05, 3.63) is 29.0 Å². The van der Waals surface area contributed by atoms with Gasteiger partial charge in [0.05, 0.1) is 5.69 Å². The molecule has 0 aliphatic heterocycles. The van der Waals surface area contributed by atoms with Gasteiger partial charge in [-0.2, -0.15) is 5.10 Å². The SMILES string of the molecule is Cc1cc(Oc2cc(N)cc(Cl)n2)n(C)n1. The minimum Gasteiger partial charge on any atom is -0.421 e. The third kappa shape index (κ3) is 2.25. The monoisotopic (exact) mass is 238 g/mol. The summed E-state index contributed by atoms with van der Waals surface area (Å²) < 4.78 is 7.14. The first-order valence-corrected chi connectivity index (χ1v) is 5.04. The van der Waals surface area contributed by atoms with E-state index in [2.05, 4.69) is 10.1 Å². The molecule has 0 radical (unpaired) electrons. The van der Waals surface area contributed by atoms with Crippen LogP contribution in [0.2, 0.25) is 5.15 Å². The van der Waals surface area contributed by atoms with Gasteiger partial charge in [0, 0.05) is 24.9 Å². The van der Waals surface area contributed by atoms with Crippen molar-refractivity contribution in [2.45, 2.75) is 6.92 Å². The number of hydrogen-bond donors (Lipinski definition) is 1. The van der Waals surface area contributed by atoms with Gasteiger partial charge in [-0.1, -0.05) is 11.6 Å². The fourth-order valence-electron chi connectivity index (χ4n) is 1.33. The molecule has 0 saturated heterocycles. The predicted molar refractivity (Wildman–Crippen MR) is 61.7 cm³/mol. The van der Waals surface area contributed by atoms with Crippen molar-refractivity contribution in [2.75, 3.05) is 5.73 Å². The first-order chi connectivity index (χ1) is 7.54. The summed E-state index contributed by atoms with van der Waals surface area (Å²) in [6.07, 6.45) is 0. The molecular formula is C10H11ClN4O. The van der Waals surface area contributed by atoms with Gasteiger partial charge in [0.1, 0.15) is 5.15 Å². The Balaban J connectivity index is 2.30. The lowest BCUT2D eigenvalue weighted by Gasteiger charge is -2.05. The summed E-state index contributed by atoms with van der Waals surface area (Å²) in [6, 6.07) is 4.97. The average molecular weight is 239 g/mol. The Morgan fingerprint density at radius 3 is 2.69 bits per heavy atom. The summed E-state index contributed by atoms with van der Waals surface area (Å²) in [4.78, 5) is 4.00. The maximum Gasteiger partial charge on any atom is 0.224 e. The third-order valence-electron chi connectivity index (χ3n) is 1.96. The maximum absolute atomic E-state index is 5.77. The van der Waals surface area contributed by atoms with E-state index in [0.717, 1.165) is 5.69 Å². The van der Waals surface area contributed by atoms with E-state index in [1.54, 1.807) is 29.9 Å². The molecule has 0 fully saturated rings. The lowest BCUT2D eigenvalue weighted by molar-refractivity contribution is 0.416. The van der Waals surface area contributed by atoms with E-state index in [-0.39, 0.29) is 0 Å². The topological polar surface area (TPSA) is 66.0 Å². The Morgan fingerprint density at radius 1 is 1.38 bits per heavy atom. The normalized spacial score (nSPS) is 10.4. The molecule has 0 atom stereocenters. The largest absolute Gasteiger partial charge is 0.421 e. The Bertz CT molecular complexity index is 503. The minimum atomic E-state index is 0.300. The average Bonchev–Trinajstić information content (AvgIpc) is 2.43. The van der Waals surface area contributed by atoms with Crippen molar-refractivity contribution in [3.63, 3.8) is 0 Å². The standard InChI is InChI=1S/C10H11ClN4O/c1-6-3-10(15(2)14-6)16-9-5-7(12)4-8(11)13-9/h3-5H,1-2H3,(H2,12,13). The van der Waals surface area contributed by atoms with Gasteiger partial charge in [0.2, 0.25) is 11.8 Å². The molecule has 0 spiro atoms. The zero-order valence-electron chi connectivity index (χ0n) is 8.94. The Morgan fingerprint density at radius 2 is 2.12 bits per heavy atom. The van der Waals surface area contributed by atoms with Crippen molar-refractivity contribution in [2.24, 2.45) is 7.05 Å². The van der Waals surface area contributed by atoms with Gasteiger partial charge in [0.15, 0.2) is 0 Å². The number of nitrogen functional groups attached to an aromatic ring is 1. The number of halogens is 1. The highest BCUT2D eigenvalue weighted by molar-refractivity contribution is 6.29. The lowest BCUT2D eigenvalue weighted by atomic mass is 10.4. The molecule has 0 aromatic carbocycles. The van der Waals surface area contributed by atoms with E-state index in [4.69, 9.17) is 22.1 Å². The highest BCUT2D eigenvalue weighted by Crippen LogP contribution is 2.23. The second-order valence-corrected chi connectivity index (χ2v) is 3.80. The van der Waals surface area contributed by atoms with E-state index in [1.807, 2.05) is 6.92 Å². The first-order valence-electron chi connectivity index (χ1n) is 4.66. The predicted octanol–water partition coefficient (Wildman–Crippen LogP) is 2.15. The molecule has 2 aromatic rings. The number of pyridine rings is 1. The van der Waals surface area contributed by atoms with Crippen LogP contribution in [0.15, 0.2) is 18.2 Å². The number of hydrogen-bond acceptors (Lipinski definition) is 4. The highest BCUT2D eigenvalue weighted by Gasteiger charge is 2.06.